The van der Waals surface area contributed by atoms with Gasteiger partial charge in [0, 0.05) is 50.7 Å². The summed E-state index contributed by atoms with van der Waals surface area (Å²) in [6.07, 6.45) is 2.13. The van der Waals surface area contributed by atoms with Gasteiger partial charge >= 0.3 is 0 Å². The minimum absolute atomic E-state index is 0.0409. The lowest BCUT2D eigenvalue weighted by Crippen LogP contribution is -2.54. The molecular weight excluding hydrogens is 438 g/mol. The Bertz CT molecular complexity index is 829. The molecule has 3 aliphatic rings. The van der Waals surface area contributed by atoms with Gasteiger partial charge < -0.3 is 19.4 Å². The van der Waals surface area contributed by atoms with Crippen LogP contribution in [0.3, 0.4) is 0 Å². The summed E-state index contributed by atoms with van der Waals surface area (Å²) < 4.78 is 5.70. The molecule has 1 aromatic heterocycles. The number of morpholine rings is 1. The van der Waals surface area contributed by atoms with E-state index in [0.717, 1.165) is 18.7 Å². The highest BCUT2D eigenvalue weighted by atomic mass is 35.5. The maximum Gasteiger partial charge on any atom is 0.233 e. The van der Waals surface area contributed by atoms with Crippen molar-refractivity contribution in [1.29, 1.82) is 0 Å². The fraction of sp³-hybridized carbons (Fsp3) is 0.714. The number of aromatic nitrogens is 2. The van der Waals surface area contributed by atoms with Crippen molar-refractivity contribution in [2.45, 2.75) is 57.0 Å². The van der Waals surface area contributed by atoms with Gasteiger partial charge in [0.1, 0.15) is 11.0 Å². The Morgan fingerprint density at radius 3 is 2.48 bits per heavy atom. The van der Waals surface area contributed by atoms with Gasteiger partial charge in [-0.2, -0.15) is 0 Å². The van der Waals surface area contributed by atoms with E-state index in [1.54, 1.807) is 6.07 Å². The molecule has 0 aromatic carbocycles. The highest BCUT2D eigenvalue weighted by Gasteiger charge is 2.37. The first-order valence-electron chi connectivity index (χ1n) is 11.0. The predicted molar refractivity (Wildman–Crippen MR) is 120 cm³/mol. The van der Waals surface area contributed by atoms with Crippen molar-refractivity contribution < 1.29 is 14.3 Å². The first kappa shape index (κ1) is 22.6. The Kier molecular flexibility index (Phi) is 6.93. The van der Waals surface area contributed by atoms with Crippen LogP contribution in [0.2, 0.25) is 5.15 Å². The van der Waals surface area contributed by atoms with Crippen molar-refractivity contribution in [3.63, 3.8) is 0 Å². The van der Waals surface area contributed by atoms with E-state index < -0.39 is 0 Å². The van der Waals surface area contributed by atoms with Crippen LogP contribution in [-0.2, 0) is 14.3 Å². The van der Waals surface area contributed by atoms with E-state index in [0.29, 0.717) is 43.0 Å². The van der Waals surface area contributed by atoms with E-state index in [1.807, 2.05) is 23.6 Å². The fourth-order valence-electron chi connectivity index (χ4n) is 4.27. The van der Waals surface area contributed by atoms with Gasteiger partial charge in [-0.1, -0.05) is 23.4 Å². The summed E-state index contributed by atoms with van der Waals surface area (Å²) in [5, 5.41) is 0.854. The summed E-state index contributed by atoms with van der Waals surface area (Å²) >= 11 is 7.57. The van der Waals surface area contributed by atoms with Crippen LogP contribution in [0, 0.1) is 5.92 Å². The summed E-state index contributed by atoms with van der Waals surface area (Å²) in [5.41, 5.74) is 0. The van der Waals surface area contributed by atoms with Crippen LogP contribution < -0.4 is 4.90 Å². The summed E-state index contributed by atoms with van der Waals surface area (Å²) in [6.45, 7) is 9.35. The van der Waals surface area contributed by atoms with Crippen LogP contribution in [0.5, 0.6) is 0 Å². The Morgan fingerprint density at radius 1 is 1.13 bits per heavy atom. The standard InChI is InChI=1S/C21H30ClN5O3S/c1-13-9-25(6-7-27(13)20(29)16-4-5-16)18-8-17(22)23-21(24-18)31-12-19(28)26-10-14(2)30-15(3)11-26/h8,13-16H,4-7,9-12H2,1-3H3. The highest BCUT2D eigenvalue weighted by molar-refractivity contribution is 7.99. The number of piperazine rings is 1. The van der Waals surface area contributed by atoms with E-state index in [2.05, 4.69) is 21.8 Å². The van der Waals surface area contributed by atoms with Crippen molar-refractivity contribution in [3.05, 3.63) is 11.2 Å². The Labute approximate surface area is 192 Å². The number of ether oxygens (including phenoxy) is 1. The molecule has 3 atom stereocenters. The molecule has 2 amide bonds. The summed E-state index contributed by atoms with van der Waals surface area (Å²) in [4.78, 5) is 40.0. The molecule has 2 aliphatic heterocycles. The third-order valence-electron chi connectivity index (χ3n) is 5.92. The molecule has 1 aromatic rings. The molecule has 0 spiro atoms. The summed E-state index contributed by atoms with van der Waals surface area (Å²) in [7, 11) is 0. The number of carbonyl (C=O) groups excluding carboxylic acids is 2. The van der Waals surface area contributed by atoms with E-state index >= 15 is 0 Å². The zero-order valence-corrected chi connectivity index (χ0v) is 19.9. The molecule has 31 heavy (non-hydrogen) atoms. The fourth-order valence-corrected chi connectivity index (χ4v) is 5.25. The van der Waals surface area contributed by atoms with Crippen LogP contribution in [-0.4, -0.2) is 88.3 Å². The molecule has 3 fully saturated rings. The number of thioether (sulfide) groups is 1. The lowest BCUT2D eigenvalue weighted by Gasteiger charge is -2.40. The lowest BCUT2D eigenvalue weighted by atomic mass is 10.1. The molecule has 0 bridgehead atoms. The van der Waals surface area contributed by atoms with Crippen LogP contribution in [0.25, 0.3) is 0 Å². The van der Waals surface area contributed by atoms with Gasteiger partial charge in [0.25, 0.3) is 0 Å². The van der Waals surface area contributed by atoms with Gasteiger partial charge in [-0.3, -0.25) is 9.59 Å². The molecule has 1 saturated carbocycles. The molecule has 2 saturated heterocycles. The topological polar surface area (TPSA) is 78.9 Å². The quantitative estimate of drug-likeness (QED) is 0.373. The predicted octanol–water partition coefficient (Wildman–Crippen LogP) is 2.30. The molecule has 10 heteroatoms. The molecule has 3 unspecified atom stereocenters. The van der Waals surface area contributed by atoms with Gasteiger partial charge in [-0.25, -0.2) is 9.97 Å². The van der Waals surface area contributed by atoms with Crippen LogP contribution >= 0.6 is 23.4 Å². The monoisotopic (exact) mass is 467 g/mol. The number of anilines is 1. The van der Waals surface area contributed by atoms with Gasteiger partial charge in [0.05, 0.1) is 18.0 Å². The SMILES string of the molecule is CC1CN(C(=O)CSc2nc(Cl)cc(N3CCN(C(=O)C4CC4)C(C)C3)n2)CC(C)O1. The van der Waals surface area contributed by atoms with Crippen LogP contribution in [0.15, 0.2) is 11.2 Å². The van der Waals surface area contributed by atoms with Gasteiger partial charge in [0.2, 0.25) is 11.8 Å². The van der Waals surface area contributed by atoms with Crippen molar-refractivity contribution >= 4 is 41.0 Å². The van der Waals surface area contributed by atoms with E-state index in [9.17, 15) is 9.59 Å². The lowest BCUT2D eigenvalue weighted by molar-refractivity contribution is -0.140. The summed E-state index contributed by atoms with van der Waals surface area (Å²) in [6, 6.07) is 1.88. The van der Waals surface area contributed by atoms with Gasteiger partial charge in [0.15, 0.2) is 5.16 Å². The maximum absolute atomic E-state index is 12.7. The molecule has 4 rings (SSSR count). The largest absolute Gasteiger partial charge is 0.372 e. The molecule has 0 N–H and O–H groups in total. The number of rotatable bonds is 5. The van der Waals surface area contributed by atoms with Crippen molar-refractivity contribution in [2.75, 3.05) is 43.4 Å². The second-order valence-electron chi connectivity index (χ2n) is 8.78. The maximum atomic E-state index is 12.7. The average Bonchev–Trinajstić information content (AvgIpc) is 3.56. The number of carbonyl (C=O) groups is 2. The van der Waals surface area contributed by atoms with Crippen molar-refractivity contribution in [3.8, 4) is 0 Å². The normalized spacial score (nSPS) is 26.8. The number of hydrogen-bond acceptors (Lipinski definition) is 7. The second kappa shape index (κ2) is 9.50. The Hall–Kier alpha value is -1.58. The molecule has 3 heterocycles. The van der Waals surface area contributed by atoms with E-state index in [1.165, 1.54) is 11.8 Å². The zero-order valence-electron chi connectivity index (χ0n) is 18.3. The minimum Gasteiger partial charge on any atom is -0.372 e. The van der Waals surface area contributed by atoms with Crippen LogP contribution in [0.1, 0.15) is 33.6 Å². The number of hydrogen-bond donors (Lipinski definition) is 0. The Morgan fingerprint density at radius 2 is 1.84 bits per heavy atom. The third kappa shape index (κ3) is 5.62. The summed E-state index contributed by atoms with van der Waals surface area (Å²) in [5.74, 6) is 1.58. The second-order valence-corrected chi connectivity index (χ2v) is 10.1. The van der Waals surface area contributed by atoms with Crippen molar-refractivity contribution in [2.24, 2.45) is 5.92 Å². The smallest absolute Gasteiger partial charge is 0.233 e. The molecule has 170 valence electrons. The Balaban J connectivity index is 1.36. The van der Waals surface area contributed by atoms with Gasteiger partial charge in [-0.05, 0) is 33.6 Å². The molecular formula is C21H30ClN5O3S. The number of halogens is 1. The van der Waals surface area contributed by atoms with E-state index in [4.69, 9.17) is 16.3 Å². The third-order valence-corrected chi connectivity index (χ3v) is 6.94. The molecule has 8 nitrogen and oxygen atoms in total. The van der Waals surface area contributed by atoms with E-state index in [-0.39, 0.29) is 41.7 Å². The first-order valence-corrected chi connectivity index (χ1v) is 12.3. The van der Waals surface area contributed by atoms with Gasteiger partial charge in [-0.15, -0.1) is 0 Å². The minimum atomic E-state index is 0.0409. The number of amides is 2. The first-order chi connectivity index (χ1) is 14.8. The zero-order chi connectivity index (χ0) is 22.1. The van der Waals surface area contributed by atoms with Crippen molar-refractivity contribution in [1.82, 2.24) is 19.8 Å². The highest BCUT2D eigenvalue weighted by Crippen LogP contribution is 2.33. The molecule has 1 aliphatic carbocycles. The molecule has 0 radical (unpaired) electrons. The average molecular weight is 468 g/mol. The van der Waals surface area contributed by atoms with Crippen LogP contribution in [0.4, 0.5) is 5.82 Å². The number of nitrogens with zero attached hydrogens (tertiary/aromatic N) is 5.